The van der Waals surface area contributed by atoms with Gasteiger partial charge in [-0.3, -0.25) is 4.79 Å². The van der Waals surface area contributed by atoms with E-state index in [0.717, 1.165) is 44.7 Å². The quantitative estimate of drug-likeness (QED) is 0.605. The minimum atomic E-state index is 0.254. The highest BCUT2D eigenvalue weighted by molar-refractivity contribution is 5.75. The van der Waals surface area contributed by atoms with Crippen LogP contribution in [0.4, 0.5) is 0 Å². The second-order valence-electron chi connectivity index (χ2n) is 5.87. The highest BCUT2D eigenvalue weighted by Crippen LogP contribution is 2.60. The Morgan fingerprint density at radius 1 is 1.18 bits per heavy atom. The van der Waals surface area contributed by atoms with Crippen LogP contribution in [0.2, 0.25) is 0 Å². The Bertz CT molecular complexity index is 257. The van der Waals surface area contributed by atoms with E-state index in [1.807, 2.05) is 0 Å². The Morgan fingerprint density at radius 3 is 2.47 bits per heavy atom. The van der Waals surface area contributed by atoms with Gasteiger partial charge in [-0.15, -0.1) is 0 Å². The van der Waals surface area contributed by atoms with Crippen LogP contribution < -0.4 is 11.1 Å². The normalized spacial score (nSPS) is 21.2. The summed E-state index contributed by atoms with van der Waals surface area (Å²) in [6.45, 7) is 1.72. The van der Waals surface area contributed by atoms with Crippen LogP contribution in [-0.2, 0) is 4.79 Å². The molecule has 2 aliphatic carbocycles. The standard InChI is InChI=1S/C14H26N2O/c15-10-4-2-1-3-5-13(17)16-11-14(8-9-14)12-6-7-12/h12H,1-11,15H2,(H,16,17). The molecule has 0 bridgehead atoms. The van der Waals surface area contributed by atoms with Crippen molar-refractivity contribution < 1.29 is 4.79 Å². The number of rotatable bonds is 9. The van der Waals surface area contributed by atoms with E-state index in [-0.39, 0.29) is 5.91 Å². The van der Waals surface area contributed by atoms with Gasteiger partial charge in [-0.1, -0.05) is 12.8 Å². The van der Waals surface area contributed by atoms with Crippen molar-refractivity contribution in [3.05, 3.63) is 0 Å². The van der Waals surface area contributed by atoms with Crippen molar-refractivity contribution in [3.8, 4) is 0 Å². The molecule has 17 heavy (non-hydrogen) atoms. The van der Waals surface area contributed by atoms with Gasteiger partial charge in [0, 0.05) is 13.0 Å². The summed E-state index contributed by atoms with van der Waals surface area (Å²) in [6.07, 6.45) is 10.6. The number of unbranched alkanes of at least 4 members (excludes halogenated alkanes) is 3. The Balaban J connectivity index is 1.49. The number of amides is 1. The molecule has 0 aliphatic heterocycles. The molecule has 3 N–H and O–H groups in total. The predicted molar refractivity (Wildman–Crippen MR) is 69.5 cm³/mol. The molecule has 3 heteroatoms. The topological polar surface area (TPSA) is 55.1 Å². The van der Waals surface area contributed by atoms with E-state index in [4.69, 9.17) is 5.73 Å². The summed E-state index contributed by atoms with van der Waals surface area (Å²) in [5.74, 6) is 1.19. The second-order valence-corrected chi connectivity index (χ2v) is 5.87. The molecule has 0 heterocycles. The average Bonchev–Trinajstić information content (AvgIpc) is 3.16. The zero-order valence-electron chi connectivity index (χ0n) is 10.8. The van der Waals surface area contributed by atoms with Crippen molar-refractivity contribution in [3.63, 3.8) is 0 Å². The fraction of sp³-hybridized carbons (Fsp3) is 0.929. The van der Waals surface area contributed by atoms with Crippen LogP contribution in [0.3, 0.4) is 0 Å². The summed E-state index contributed by atoms with van der Waals surface area (Å²) in [5, 5.41) is 3.13. The molecule has 1 amide bonds. The highest BCUT2D eigenvalue weighted by atomic mass is 16.1. The van der Waals surface area contributed by atoms with Crippen LogP contribution in [0.15, 0.2) is 0 Å². The highest BCUT2D eigenvalue weighted by Gasteiger charge is 2.53. The van der Waals surface area contributed by atoms with Crippen LogP contribution >= 0.6 is 0 Å². The number of hydrogen-bond donors (Lipinski definition) is 2. The molecule has 3 nitrogen and oxygen atoms in total. The lowest BCUT2D eigenvalue weighted by atomic mass is 10.0. The molecule has 98 valence electrons. The van der Waals surface area contributed by atoms with Crippen molar-refractivity contribution in [2.75, 3.05) is 13.1 Å². The predicted octanol–water partition coefficient (Wildman–Crippen LogP) is 2.20. The second kappa shape index (κ2) is 5.85. The molecule has 0 radical (unpaired) electrons. The lowest BCUT2D eigenvalue weighted by Gasteiger charge is -2.14. The summed E-state index contributed by atoms with van der Waals surface area (Å²) in [5.41, 5.74) is 5.96. The van der Waals surface area contributed by atoms with E-state index < -0.39 is 0 Å². The van der Waals surface area contributed by atoms with Gasteiger partial charge in [0.05, 0.1) is 0 Å². The zero-order valence-corrected chi connectivity index (χ0v) is 10.8. The van der Waals surface area contributed by atoms with E-state index in [1.54, 1.807) is 0 Å². The first-order valence-corrected chi connectivity index (χ1v) is 7.24. The van der Waals surface area contributed by atoms with Crippen molar-refractivity contribution in [1.82, 2.24) is 5.32 Å². The Hall–Kier alpha value is -0.570. The third kappa shape index (κ3) is 3.98. The molecule has 0 aromatic heterocycles. The zero-order chi connectivity index (χ0) is 12.1. The van der Waals surface area contributed by atoms with Gasteiger partial charge in [-0.2, -0.15) is 0 Å². The fourth-order valence-electron chi connectivity index (χ4n) is 2.73. The average molecular weight is 238 g/mol. The van der Waals surface area contributed by atoms with Gasteiger partial charge in [0.25, 0.3) is 0 Å². The van der Waals surface area contributed by atoms with Crippen LogP contribution in [0.5, 0.6) is 0 Å². The molecular weight excluding hydrogens is 212 g/mol. The molecular formula is C14H26N2O. The third-order valence-electron chi connectivity index (χ3n) is 4.33. The molecule has 0 aromatic carbocycles. The van der Waals surface area contributed by atoms with Gasteiger partial charge < -0.3 is 11.1 Å². The lowest BCUT2D eigenvalue weighted by Crippen LogP contribution is -2.30. The number of carbonyl (C=O) groups excluding carboxylic acids is 1. The van der Waals surface area contributed by atoms with Gasteiger partial charge in [-0.25, -0.2) is 0 Å². The monoisotopic (exact) mass is 238 g/mol. The number of hydrogen-bond acceptors (Lipinski definition) is 2. The van der Waals surface area contributed by atoms with E-state index in [2.05, 4.69) is 5.32 Å². The molecule has 2 fully saturated rings. The summed E-state index contributed by atoms with van der Waals surface area (Å²) >= 11 is 0. The van der Waals surface area contributed by atoms with Crippen LogP contribution in [-0.4, -0.2) is 19.0 Å². The Morgan fingerprint density at radius 2 is 1.88 bits per heavy atom. The molecule has 2 aliphatic rings. The van der Waals surface area contributed by atoms with Crippen molar-refractivity contribution in [2.24, 2.45) is 17.1 Å². The van der Waals surface area contributed by atoms with Crippen LogP contribution in [0.1, 0.15) is 57.8 Å². The van der Waals surface area contributed by atoms with Gasteiger partial charge in [-0.05, 0) is 56.4 Å². The first-order chi connectivity index (χ1) is 8.27. The maximum atomic E-state index is 11.7. The van der Waals surface area contributed by atoms with E-state index >= 15 is 0 Å². The third-order valence-corrected chi connectivity index (χ3v) is 4.33. The summed E-state index contributed by atoms with van der Waals surface area (Å²) in [4.78, 5) is 11.7. The van der Waals surface area contributed by atoms with Gasteiger partial charge in [0.15, 0.2) is 0 Å². The molecule has 0 atom stereocenters. The SMILES string of the molecule is NCCCCCCC(=O)NCC1(C2CC2)CC1. The van der Waals surface area contributed by atoms with Crippen LogP contribution in [0, 0.1) is 11.3 Å². The molecule has 0 saturated heterocycles. The molecule has 0 spiro atoms. The smallest absolute Gasteiger partial charge is 0.220 e. The minimum absolute atomic E-state index is 0.254. The molecule has 2 saturated carbocycles. The minimum Gasteiger partial charge on any atom is -0.356 e. The number of nitrogens with two attached hydrogens (primary N) is 1. The molecule has 2 rings (SSSR count). The van der Waals surface area contributed by atoms with Crippen molar-refractivity contribution in [1.29, 1.82) is 0 Å². The maximum absolute atomic E-state index is 11.7. The van der Waals surface area contributed by atoms with Gasteiger partial charge >= 0.3 is 0 Å². The Kier molecular flexibility index (Phi) is 4.43. The number of nitrogens with one attached hydrogen (secondary N) is 1. The van der Waals surface area contributed by atoms with Crippen molar-refractivity contribution in [2.45, 2.75) is 57.8 Å². The summed E-state index contributed by atoms with van der Waals surface area (Å²) < 4.78 is 0. The van der Waals surface area contributed by atoms with Crippen molar-refractivity contribution >= 4 is 5.91 Å². The molecule has 0 aromatic rings. The largest absolute Gasteiger partial charge is 0.356 e. The van der Waals surface area contributed by atoms with E-state index in [0.29, 0.717) is 11.8 Å². The first kappa shape index (κ1) is 12.9. The fourth-order valence-corrected chi connectivity index (χ4v) is 2.73. The molecule has 0 unspecified atom stereocenters. The number of carbonyl (C=O) groups is 1. The van der Waals surface area contributed by atoms with Gasteiger partial charge in [0.2, 0.25) is 5.91 Å². The van der Waals surface area contributed by atoms with Gasteiger partial charge in [0.1, 0.15) is 0 Å². The van der Waals surface area contributed by atoms with E-state index in [1.165, 1.54) is 25.7 Å². The summed E-state index contributed by atoms with van der Waals surface area (Å²) in [6, 6.07) is 0. The Labute approximate surface area is 105 Å². The first-order valence-electron chi connectivity index (χ1n) is 7.24. The van der Waals surface area contributed by atoms with E-state index in [9.17, 15) is 4.79 Å². The summed E-state index contributed by atoms with van der Waals surface area (Å²) in [7, 11) is 0. The lowest BCUT2D eigenvalue weighted by molar-refractivity contribution is -0.121. The maximum Gasteiger partial charge on any atom is 0.220 e. The van der Waals surface area contributed by atoms with Crippen LogP contribution in [0.25, 0.3) is 0 Å².